The second-order valence-electron chi connectivity index (χ2n) is 6.40. The van der Waals surface area contributed by atoms with Gasteiger partial charge in [-0.1, -0.05) is 27.7 Å². The molecule has 2 N–H and O–H groups in total. The number of carbonyl (C=O) groups is 2. The van der Waals surface area contributed by atoms with Crippen LogP contribution in [0.4, 0.5) is 4.79 Å². The molecule has 0 radical (unpaired) electrons. The molecule has 2 amide bonds. The predicted octanol–water partition coefficient (Wildman–Crippen LogP) is 2.38. The van der Waals surface area contributed by atoms with Crippen LogP contribution in [0.3, 0.4) is 0 Å². The van der Waals surface area contributed by atoms with E-state index >= 15 is 0 Å². The summed E-state index contributed by atoms with van der Waals surface area (Å²) < 4.78 is 4.60. The smallest absolute Gasteiger partial charge is 0.407 e. The first-order valence-corrected chi connectivity index (χ1v) is 8.71. The van der Waals surface area contributed by atoms with E-state index in [2.05, 4.69) is 34.1 Å². The molecular formula is C17H35N3O3. The van der Waals surface area contributed by atoms with E-state index in [1.165, 1.54) is 7.11 Å². The van der Waals surface area contributed by atoms with E-state index < -0.39 is 12.1 Å². The van der Waals surface area contributed by atoms with E-state index in [-0.39, 0.29) is 11.9 Å². The molecular weight excluding hydrogens is 294 g/mol. The Morgan fingerprint density at radius 2 is 1.70 bits per heavy atom. The molecule has 0 saturated carbocycles. The van der Waals surface area contributed by atoms with Gasteiger partial charge in [-0.05, 0) is 51.7 Å². The number of nitrogens with one attached hydrogen (secondary N) is 2. The predicted molar refractivity (Wildman–Crippen MR) is 93.4 cm³/mol. The minimum atomic E-state index is -0.569. The van der Waals surface area contributed by atoms with Crippen molar-refractivity contribution >= 4 is 12.0 Å². The average Bonchev–Trinajstić information content (AvgIpc) is 2.50. The molecule has 0 aliphatic heterocycles. The third kappa shape index (κ3) is 10.2. The van der Waals surface area contributed by atoms with Crippen molar-refractivity contribution in [1.82, 2.24) is 15.5 Å². The zero-order chi connectivity index (χ0) is 17.8. The first-order valence-electron chi connectivity index (χ1n) is 8.71. The summed E-state index contributed by atoms with van der Waals surface area (Å²) in [6, 6.07) is -0.458. The number of methoxy groups -OCH3 is 1. The molecule has 0 bridgehead atoms. The van der Waals surface area contributed by atoms with Gasteiger partial charge in [-0.25, -0.2) is 4.79 Å². The number of nitrogens with zero attached hydrogens (tertiary/aromatic N) is 1. The van der Waals surface area contributed by atoms with Crippen LogP contribution >= 0.6 is 0 Å². The van der Waals surface area contributed by atoms with E-state index in [0.29, 0.717) is 12.3 Å². The fraction of sp³-hybridized carbons (Fsp3) is 0.882. The van der Waals surface area contributed by atoms with Gasteiger partial charge in [0.05, 0.1) is 7.11 Å². The van der Waals surface area contributed by atoms with E-state index in [0.717, 1.165) is 32.5 Å². The summed E-state index contributed by atoms with van der Waals surface area (Å²) in [5.41, 5.74) is 0. The van der Waals surface area contributed by atoms with Crippen LogP contribution in [0.15, 0.2) is 0 Å². The molecule has 0 aromatic carbocycles. The molecule has 0 aliphatic carbocycles. The topological polar surface area (TPSA) is 70.7 Å². The molecule has 6 nitrogen and oxygen atoms in total. The van der Waals surface area contributed by atoms with Crippen LogP contribution in [0.5, 0.6) is 0 Å². The molecule has 2 unspecified atom stereocenters. The van der Waals surface area contributed by atoms with Gasteiger partial charge < -0.3 is 20.3 Å². The van der Waals surface area contributed by atoms with Crippen molar-refractivity contribution in [3.8, 4) is 0 Å². The summed E-state index contributed by atoms with van der Waals surface area (Å²) in [4.78, 5) is 26.1. The van der Waals surface area contributed by atoms with Crippen molar-refractivity contribution in [3.63, 3.8) is 0 Å². The van der Waals surface area contributed by atoms with Crippen LogP contribution in [0, 0.1) is 5.92 Å². The Labute approximate surface area is 141 Å². The first-order chi connectivity index (χ1) is 10.8. The maximum absolute atomic E-state index is 12.4. The molecule has 23 heavy (non-hydrogen) atoms. The average molecular weight is 329 g/mol. The van der Waals surface area contributed by atoms with Crippen LogP contribution < -0.4 is 10.6 Å². The molecule has 0 aliphatic rings. The number of alkyl carbamates (subject to hydrolysis) is 1. The second kappa shape index (κ2) is 12.2. The molecule has 6 heteroatoms. The Hall–Kier alpha value is -1.30. The Bertz CT molecular complexity index is 344. The summed E-state index contributed by atoms with van der Waals surface area (Å²) >= 11 is 0. The maximum atomic E-state index is 12.4. The molecule has 0 rings (SSSR count). The molecule has 0 spiro atoms. The molecule has 0 aromatic rings. The SMILES string of the molecule is CCN(CC)CCCC(C)NC(=O)C(CC(C)C)NC(=O)OC. The van der Waals surface area contributed by atoms with Crippen molar-refractivity contribution in [2.75, 3.05) is 26.7 Å². The number of amides is 2. The normalized spacial score (nSPS) is 13.7. The lowest BCUT2D eigenvalue weighted by Crippen LogP contribution is -2.49. The van der Waals surface area contributed by atoms with Crippen LogP contribution in [-0.4, -0.2) is 55.7 Å². The largest absolute Gasteiger partial charge is 0.453 e. The lowest BCUT2D eigenvalue weighted by molar-refractivity contribution is -0.124. The van der Waals surface area contributed by atoms with Gasteiger partial charge in [0.25, 0.3) is 0 Å². The quantitative estimate of drug-likeness (QED) is 0.610. The molecule has 0 fully saturated rings. The van der Waals surface area contributed by atoms with Gasteiger partial charge in [0.15, 0.2) is 0 Å². The summed E-state index contributed by atoms with van der Waals surface area (Å²) in [6.45, 7) is 13.5. The maximum Gasteiger partial charge on any atom is 0.407 e. The van der Waals surface area contributed by atoms with Crippen LogP contribution in [0.25, 0.3) is 0 Å². The third-order valence-corrected chi connectivity index (χ3v) is 3.90. The van der Waals surface area contributed by atoms with Crippen molar-refractivity contribution in [3.05, 3.63) is 0 Å². The van der Waals surface area contributed by atoms with Crippen LogP contribution in [0.1, 0.15) is 53.9 Å². The van der Waals surface area contributed by atoms with E-state index in [1.807, 2.05) is 20.8 Å². The third-order valence-electron chi connectivity index (χ3n) is 3.90. The van der Waals surface area contributed by atoms with Gasteiger partial charge in [-0.2, -0.15) is 0 Å². The number of ether oxygens (including phenoxy) is 1. The lowest BCUT2D eigenvalue weighted by atomic mass is 10.0. The van der Waals surface area contributed by atoms with Gasteiger partial charge in [0.1, 0.15) is 6.04 Å². The highest BCUT2D eigenvalue weighted by atomic mass is 16.5. The van der Waals surface area contributed by atoms with E-state index in [9.17, 15) is 9.59 Å². The van der Waals surface area contributed by atoms with Crippen molar-refractivity contribution < 1.29 is 14.3 Å². The Balaban J connectivity index is 4.33. The molecule has 0 heterocycles. The monoisotopic (exact) mass is 329 g/mol. The van der Waals surface area contributed by atoms with Crippen molar-refractivity contribution in [1.29, 1.82) is 0 Å². The number of hydrogen-bond acceptors (Lipinski definition) is 4. The van der Waals surface area contributed by atoms with Crippen molar-refractivity contribution in [2.45, 2.75) is 66.0 Å². The Morgan fingerprint density at radius 3 is 2.17 bits per heavy atom. The Morgan fingerprint density at radius 1 is 1.09 bits per heavy atom. The van der Waals surface area contributed by atoms with Gasteiger partial charge in [-0.15, -0.1) is 0 Å². The van der Waals surface area contributed by atoms with Gasteiger partial charge in [-0.3, -0.25) is 4.79 Å². The highest BCUT2D eigenvalue weighted by molar-refractivity contribution is 5.85. The highest BCUT2D eigenvalue weighted by Crippen LogP contribution is 2.07. The van der Waals surface area contributed by atoms with E-state index in [4.69, 9.17) is 0 Å². The fourth-order valence-corrected chi connectivity index (χ4v) is 2.48. The van der Waals surface area contributed by atoms with Gasteiger partial charge in [0.2, 0.25) is 5.91 Å². The summed E-state index contributed by atoms with van der Waals surface area (Å²) in [6.07, 6.45) is 1.99. The molecule has 136 valence electrons. The number of rotatable bonds is 11. The van der Waals surface area contributed by atoms with Crippen LogP contribution in [0.2, 0.25) is 0 Å². The van der Waals surface area contributed by atoms with Gasteiger partial charge >= 0.3 is 6.09 Å². The van der Waals surface area contributed by atoms with Gasteiger partial charge in [0, 0.05) is 6.04 Å². The standard InChI is InChI=1S/C17H35N3O3/c1-7-20(8-2)11-9-10-14(5)18-16(21)15(12-13(3)4)19-17(22)23-6/h13-15H,7-12H2,1-6H3,(H,18,21)(H,19,22). The molecule has 2 atom stereocenters. The van der Waals surface area contributed by atoms with Crippen molar-refractivity contribution in [2.24, 2.45) is 5.92 Å². The lowest BCUT2D eigenvalue weighted by Gasteiger charge is -2.23. The minimum absolute atomic E-state index is 0.0900. The Kier molecular flexibility index (Phi) is 11.5. The minimum Gasteiger partial charge on any atom is -0.453 e. The summed E-state index contributed by atoms with van der Waals surface area (Å²) in [5.74, 6) is 0.167. The number of hydrogen-bond donors (Lipinski definition) is 2. The molecule has 0 saturated heterocycles. The fourth-order valence-electron chi connectivity index (χ4n) is 2.48. The summed E-state index contributed by atoms with van der Waals surface area (Å²) in [7, 11) is 1.30. The van der Waals surface area contributed by atoms with Crippen LogP contribution in [-0.2, 0) is 9.53 Å². The first kappa shape index (κ1) is 21.7. The zero-order valence-corrected chi connectivity index (χ0v) is 15.6. The number of carbonyl (C=O) groups excluding carboxylic acids is 2. The zero-order valence-electron chi connectivity index (χ0n) is 15.6. The summed E-state index contributed by atoms with van der Waals surface area (Å²) in [5, 5.41) is 5.61. The highest BCUT2D eigenvalue weighted by Gasteiger charge is 2.23. The molecule has 0 aromatic heterocycles. The van der Waals surface area contributed by atoms with E-state index in [1.54, 1.807) is 0 Å². The second-order valence-corrected chi connectivity index (χ2v) is 6.40.